The van der Waals surface area contributed by atoms with Crippen molar-refractivity contribution in [3.05, 3.63) is 38.2 Å². The van der Waals surface area contributed by atoms with Gasteiger partial charge in [0.15, 0.2) is 0 Å². The molecule has 0 radical (unpaired) electrons. The first-order valence-electron chi connectivity index (χ1n) is 5.10. The van der Waals surface area contributed by atoms with E-state index in [0.29, 0.717) is 0 Å². The Hall–Kier alpha value is -0.840. The predicted octanol–water partition coefficient (Wildman–Crippen LogP) is 3.44. The van der Waals surface area contributed by atoms with E-state index in [1.54, 1.807) is 29.8 Å². The van der Waals surface area contributed by atoms with Crippen molar-refractivity contribution < 1.29 is 4.74 Å². The number of ether oxygens (including phenoxy) is 1. The maximum Gasteiger partial charge on any atom is 0.129 e. The molecule has 2 aromatic rings. The van der Waals surface area contributed by atoms with E-state index in [9.17, 15) is 0 Å². The summed E-state index contributed by atoms with van der Waals surface area (Å²) < 4.78 is 5.22. The molecule has 1 unspecified atom stereocenters. The smallest absolute Gasteiger partial charge is 0.129 e. The highest BCUT2D eigenvalue weighted by Crippen LogP contribution is 2.34. The zero-order valence-electron chi connectivity index (χ0n) is 9.61. The van der Waals surface area contributed by atoms with Gasteiger partial charge in [-0.2, -0.15) is 0 Å². The van der Waals surface area contributed by atoms with Crippen molar-refractivity contribution in [2.24, 2.45) is 0 Å². The van der Waals surface area contributed by atoms with Gasteiger partial charge in [0.1, 0.15) is 5.75 Å². The molecule has 4 heteroatoms. The van der Waals surface area contributed by atoms with Gasteiger partial charge in [0.05, 0.1) is 13.2 Å². The molecule has 0 aliphatic rings. The van der Waals surface area contributed by atoms with E-state index in [4.69, 9.17) is 4.74 Å². The third-order valence-electron chi connectivity index (χ3n) is 2.57. The van der Waals surface area contributed by atoms with Crippen molar-refractivity contribution in [3.8, 4) is 5.75 Å². The summed E-state index contributed by atoms with van der Waals surface area (Å²) in [5.41, 5.74) is 1.34. The van der Waals surface area contributed by atoms with E-state index >= 15 is 0 Å². The van der Waals surface area contributed by atoms with E-state index in [-0.39, 0.29) is 6.04 Å². The summed E-state index contributed by atoms with van der Waals surface area (Å²) in [6.07, 6.45) is 0. The molecular weight excluding hydrogens is 238 g/mol. The van der Waals surface area contributed by atoms with Crippen molar-refractivity contribution in [1.29, 1.82) is 0 Å². The Labute approximate surface area is 104 Å². The highest BCUT2D eigenvalue weighted by Gasteiger charge is 2.17. The lowest BCUT2D eigenvalue weighted by Crippen LogP contribution is -2.15. The van der Waals surface area contributed by atoms with Crippen LogP contribution in [0.4, 0.5) is 0 Å². The minimum Gasteiger partial charge on any atom is -0.496 e. The van der Waals surface area contributed by atoms with Crippen LogP contribution >= 0.6 is 22.7 Å². The second-order valence-electron chi connectivity index (χ2n) is 3.58. The maximum atomic E-state index is 5.22. The first kappa shape index (κ1) is 11.6. The molecule has 2 rings (SSSR count). The summed E-state index contributed by atoms with van der Waals surface area (Å²) in [4.78, 5) is 2.68. The second kappa shape index (κ2) is 4.99. The molecule has 16 heavy (non-hydrogen) atoms. The Kier molecular flexibility index (Phi) is 3.63. The van der Waals surface area contributed by atoms with Crippen molar-refractivity contribution in [2.45, 2.75) is 13.0 Å². The summed E-state index contributed by atoms with van der Waals surface area (Å²) in [5.74, 6) is 0.939. The van der Waals surface area contributed by atoms with Crippen molar-refractivity contribution >= 4 is 22.7 Å². The fraction of sp³-hybridized carbons (Fsp3) is 0.333. The van der Waals surface area contributed by atoms with Crippen LogP contribution in [0.5, 0.6) is 5.75 Å². The molecule has 0 aliphatic heterocycles. The number of hydrogen-bond donors (Lipinski definition) is 1. The Bertz CT molecular complexity index is 461. The van der Waals surface area contributed by atoms with Crippen LogP contribution in [-0.4, -0.2) is 14.2 Å². The van der Waals surface area contributed by atoms with E-state index in [2.05, 4.69) is 29.8 Å². The zero-order chi connectivity index (χ0) is 11.5. The molecular formula is C12H15NOS2. The van der Waals surface area contributed by atoms with Gasteiger partial charge in [-0.05, 0) is 37.0 Å². The van der Waals surface area contributed by atoms with Crippen LogP contribution in [-0.2, 0) is 0 Å². The van der Waals surface area contributed by atoms with Gasteiger partial charge in [-0.25, -0.2) is 0 Å². The summed E-state index contributed by atoms with van der Waals surface area (Å²) in [6, 6.07) is 4.55. The Morgan fingerprint density at radius 2 is 2.19 bits per heavy atom. The van der Waals surface area contributed by atoms with Crippen LogP contribution in [0.25, 0.3) is 0 Å². The van der Waals surface area contributed by atoms with Crippen molar-refractivity contribution in [1.82, 2.24) is 5.32 Å². The third-order valence-corrected chi connectivity index (χ3v) is 4.63. The number of thiophene rings is 2. The third kappa shape index (κ3) is 2.14. The van der Waals surface area contributed by atoms with Crippen LogP contribution in [0.2, 0.25) is 0 Å². The Morgan fingerprint density at radius 1 is 1.38 bits per heavy atom. The number of nitrogens with one attached hydrogen (secondary N) is 1. The molecule has 0 spiro atoms. The molecule has 86 valence electrons. The molecule has 0 bridgehead atoms. The monoisotopic (exact) mass is 253 g/mol. The van der Waals surface area contributed by atoms with E-state index in [1.807, 2.05) is 12.4 Å². The average molecular weight is 253 g/mol. The molecule has 2 nitrogen and oxygen atoms in total. The van der Waals surface area contributed by atoms with Gasteiger partial charge in [0, 0.05) is 15.1 Å². The quantitative estimate of drug-likeness (QED) is 0.901. The number of hydrogen-bond acceptors (Lipinski definition) is 4. The van der Waals surface area contributed by atoms with Gasteiger partial charge in [-0.3, -0.25) is 0 Å². The van der Waals surface area contributed by atoms with Crippen LogP contribution in [0.3, 0.4) is 0 Å². The van der Waals surface area contributed by atoms with Gasteiger partial charge in [0.2, 0.25) is 0 Å². The van der Waals surface area contributed by atoms with Crippen molar-refractivity contribution in [2.75, 3.05) is 14.2 Å². The van der Waals surface area contributed by atoms with Gasteiger partial charge in [0.25, 0.3) is 0 Å². The number of rotatable bonds is 4. The van der Waals surface area contributed by atoms with E-state index < -0.39 is 0 Å². The summed E-state index contributed by atoms with van der Waals surface area (Å²) in [6.45, 7) is 2.15. The first-order valence-corrected chi connectivity index (χ1v) is 6.86. The number of aryl methyl sites for hydroxylation is 1. The van der Waals surface area contributed by atoms with Crippen LogP contribution < -0.4 is 10.1 Å². The fourth-order valence-corrected chi connectivity index (χ4v) is 3.78. The normalized spacial score (nSPS) is 12.7. The Morgan fingerprint density at radius 3 is 2.69 bits per heavy atom. The highest BCUT2D eigenvalue weighted by molar-refractivity contribution is 7.11. The minimum absolute atomic E-state index is 0.286. The molecule has 0 saturated carbocycles. The largest absolute Gasteiger partial charge is 0.496 e. The van der Waals surface area contributed by atoms with Crippen molar-refractivity contribution in [3.63, 3.8) is 0 Å². The number of methoxy groups -OCH3 is 1. The molecule has 0 amide bonds. The van der Waals surface area contributed by atoms with Crippen LogP contribution in [0.15, 0.2) is 22.9 Å². The van der Waals surface area contributed by atoms with Gasteiger partial charge >= 0.3 is 0 Å². The molecule has 0 saturated heterocycles. The van der Waals surface area contributed by atoms with Crippen LogP contribution in [0, 0.1) is 6.92 Å². The lowest BCUT2D eigenvalue weighted by molar-refractivity contribution is 0.416. The highest BCUT2D eigenvalue weighted by atomic mass is 32.1. The fourth-order valence-electron chi connectivity index (χ4n) is 1.68. The lowest BCUT2D eigenvalue weighted by Gasteiger charge is -2.13. The molecule has 2 heterocycles. The maximum absolute atomic E-state index is 5.22. The summed E-state index contributed by atoms with van der Waals surface area (Å²) >= 11 is 3.53. The molecule has 2 aromatic heterocycles. The van der Waals surface area contributed by atoms with Crippen LogP contribution in [0.1, 0.15) is 21.4 Å². The average Bonchev–Trinajstić information content (AvgIpc) is 2.90. The van der Waals surface area contributed by atoms with E-state index in [1.165, 1.54) is 15.3 Å². The molecule has 1 atom stereocenters. The zero-order valence-corrected chi connectivity index (χ0v) is 11.2. The standard InChI is InChI=1S/C12H15NOS2/c1-8-4-5-15-12(8)11(13-2)10-6-9(14-3)7-16-10/h4-7,11,13H,1-3H3. The minimum atomic E-state index is 0.286. The van der Waals surface area contributed by atoms with E-state index in [0.717, 1.165) is 5.75 Å². The molecule has 0 aliphatic carbocycles. The topological polar surface area (TPSA) is 21.3 Å². The summed E-state index contributed by atoms with van der Waals surface area (Å²) in [7, 11) is 3.70. The SMILES string of the molecule is CNC(c1cc(OC)cs1)c1sccc1C. The first-order chi connectivity index (χ1) is 7.76. The van der Waals surface area contributed by atoms with Gasteiger partial charge in [-0.15, -0.1) is 22.7 Å². The second-order valence-corrected chi connectivity index (χ2v) is 5.47. The molecule has 1 N–H and O–H groups in total. The Balaban J connectivity index is 2.32. The van der Waals surface area contributed by atoms with Gasteiger partial charge in [-0.1, -0.05) is 0 Å². The lowest BCUT2D eigenvalue weighted by atomic mass is 10.1. The molecule has 0 aromatic carbocycles. The molecule has 0 fully saturated rings. The predicted molar refractivity (Wildman–Crippen MR) is 70.8 cm³/mol. The van der Waals surface area contributed by atoms with Gasteiger partial charge < -0.3 is 10.1 Å². The summed E-state index contributed by atoms with van der Waals surface area (Å²) in [5, 5.41) is 7.55.